The van der Waals surface area contributed by atoms with Gasteiger partial charge in [-0.15, -0.1) is 0 Å². The Kier molecular flexibility index (Phi) is 7.64. The van der Waals surface area contributed by atoms with Crippen molar-refractivity contribution in [2.75, 3.05) is 5.32 Å². The number of nitrogens with one attached hydrogen (secondary N) is 1. The molecule has 0 aromatic heterocycles. The van der Waals surface area contributed by atoms with E-state index in [1.54, 1.807) is 6.08 Å². The fourth-order valence-corrected chi connectivity index (χ4v) is 5.60. The molecular formula is C29H35NO3. The van der Waals surface area contributed by atoms with E-state index in [9.17, 15) is 9.59 Å². The minimum atomic E-state index is -0.986. The molecule has 0 bridgehead atoms. The molecule has 33 heavy (non-hydrogen) atoms. The summed E-state index contributed by atoms with van der Waals surface area (Å²) in [6.45, 7) is 0. The van der Waals surface area contributed by atoms with Crippen molar-refractivity contribution in [3.8, 4) is 0 Å². The fraction of sp³-hybridized carbons (Fsp3) is 0.448. The van der Waals surface area contributed by atoms with E-state index in [2.05, 4.69) is 29.6 Å². The number of carboxylic acids is 1. The number of carbonyl (C=O) groups is 2. The second-order valence-electron chi connectivity index (χ2n) is 9.85. The van der Waals surface area contributed by atoms with Gasteiger partial charge < -0.3 is 10.4 Å². The third-order valence-corrected chi connectivity index (χ3v) is 7.45. The Labute approximate surface area is 197 Å². The second kappa shape index (κ2) is 10.8. The summed E-state index contributed by atoms with van der Waals surface area (Å²) in [5.74, 6) is -0.208. The lowest BCUT2D eigenvalue weighted by molar-refractivity contribution is -0.131. The van der Waals surface area contributed by atoms with E-state index < -0.39 is 11.4 Å². The van der Waals surface area contributed by atoms with Crippen LogP contribution in [0.3, 0.4) is 0 Å². The molecule has 4 rings (SSSR count). The van der Waals surface area contributed by atoms with E-state index in [1.165, 1.54) is 49.7 Å². The Morgan fingerprint density at radius 2 is 1.64 bits per heavy atom. The predicted octanol–water partition coefficient (Wildman–Crippen LogP) is 6.96. The minimum absolute atomic E-state index is 0.0814. The van der Waals surface area contributed by atoms with Gasteiger partial charge in [-0.3, -0.25) is 4.79 Å². The highest BCUT2D eigenvalue weighted by Gasteiger charge is 2.39. The number of aliphatic carboxylic acids is 1. The summed E-state index contributed by atoms with van der Waals surface area (Å²) in [7, 11) is 0. The number of rotatable bonds is 7. The third-order valence-electron chi connectivity index (χ3n) is 7.45. The summed E-state index contributed by atoms with van der Waals surface area (Å²) in [5, 5.41) is 12.0. The number of carboxylic acid groups (broad SMARTS) is 1. The number of hydrogen-bond donors (Lipinski definition) is 2. The highest BCUT2D eigenvalue weighted by molar-refractivity contribution is 5.96. The molecule has 0 aliphatic heterocycles. The smallest absolute Gasteiger partial charge is 0.328 e. The zero-order valence-corrected chi connectivity index (χ0v) is 19.4. The summed E-state index contributed by atoms with van der Waals surface area (Å²) in [5.41, 5.74) is 3.77. The van der Waals surface area contributed by atoms with Crippen molar-refractivity contribution in [1.29, 1.82) is 0 Å². The van der Waals surface area contributed by atoms with E-state index in [-0.39, 0.29) is 5.91 Å². The molecule has 2 fully saturated rings. The molecule has 0 saturated heterocycles. The molecule has 0 radical (unpaired) electrons. The molecule has 4 nitrogen and oxygen atoms in total. The monoisotopic (exact) mass is 445 g/mol. The molecule has 0 spiro atoms. The molecule has 4 heteroatoms. The molecule has 174 valence electrons. The molecule has 0 unspecified atom stereocenters. The molecular weight excluding hydrogens is 410 g/mol. The Morgan fingerprint density at radius 3 is 2.33 bits per heavy atom. The summed E-state index contributed by atoms with van der Waals surface area (Å²) in [6.07, 6.45) is 15.2. The van der Waals surface area contributed by atoms with Crippen LogP contribution in [0.2, 0.25) is 0 Å². The quantitative estimate of drug-likeness (QED) is 0.453. The lowest BCUT2D eigenvalue weighted by atomic mass is 9.69. The van der Waals surface area contributed by atoms with Crippen LogP contribution in [0.1, 0.15) is 86.8 Å². The summed E-state index contributed by atoms with van der Waals surface area (Å²) in [4.78, 5) is 24.4. The molecule has 2 aromatic rings. The molecule has 2 saturated carbocycles. The van der Waals surface area contributed by atoms with Gasteiger partial charge in [0.25, 0.3) is 0 Å². The molecule has 1 amide bonds. The van der Waals surface area contributed by atoms with Crippen molar-refractivity contribution in [1.82, 2.24) is 0 Å². The number of anilines is 1. The van der Waals surface area contributed by atoms with Crippen LogP contribution in [0.5, 0.6) is 0 Å². The van der Waals surface area contributed by atoms with Crippen molar-refractivity contribution in [3.63, 3.8) is 0 Å². The van der Waals surface area contributed by atoms with Crippen LogP contribution in [-0.4, -0.2) is 17.0 Å². The standard InChI is InChI=1S/C29H35NO3/c31-27(32)17-14-22-8-7-11-26(20-22)30-28(33)29(18-5-2-6-19-29)21-23-12-15-25(16-13-23)24-9-3-1-4-10-24/h7-8,11-17,20,24H,1-6,9-10,18-19,21H2,(H,30,33)(H,31,32)/b17-14+. The van der Waals surface area contributed by atoms with Gasteiger partial charge in [-0.05, 0) is 72.9 Å². The maximum atomic E-state index is 13.6. The van der Waals surface area contributed by atoms with E-state index >= 15 is 0 Å². The van der Waals surface area contributed by atoms with Crippen LogP contribution in [0.4, 0.5) is 5.69 Å². The van der Waals surface area contributed by atoms with Gasteiger partial charge in [-0.25, -0.2) is 4.79 Å². The Morgan fingerprint density at radius 1 is 0.939 bits per heavy atom. The lowest BCUT2D eigenvalue weighted by Crippen LogP contribution is -2.40. The second-order valence-corrected chi connectivity index (χ2v) is 9.85. The van der Waals surface area contributed by atoms with Crippen molar-refractivity contribution in [2.24, 2.45) is 5.41 Å². The topological polar surface area (TPSA) is 66.4 Å². The number of benzene rings is 2. The average Bonchev–Trinajstić information content (AvgIpc) is 2.84. The van der Waals surface area contributed by atoms with Crippen LogP contribution in [0.15, 0.2) is 54.6 Å². The van der Waals surface area contributed by atoms with E-state index in [1.807, 2.05) is 24.3 Å². The van der Waals surface area contributed by atoms with Crippen molar-refractivity contribution in [3.05, 3.63) is 71.3 Å². The SMILES string of the molecule is O=C(O)/C=C/c1cccc(NC(=O)C2(Cc3ccc(C4CCCCC4)cc3)CCCCC2)c1. The number of amides is 1. The first-order valence-corrected chi connectivity index (χ1v) is 12.5. The molecule has 2 aliphatic carbocycles. The summed E-state index contributed by atoms with van der Waals surface area (Å²) < 4.78 is 0. The first-order valence-electron chi connectivity index (χ1n) is 12.5. The fourth-order valence-electron chi connectivity index (χ4n) is 5.60. The first kappa shape index (κ1) is 23.3. The van der Waals surface area contributed by atoms with Crippen molar-refractivity contribution >= 4 is 23.6 Å². The maximum absolute atomic E-state index is 13.6. The van der Waals surface area contributed by atoms with E-state index in [0.717, 1.165) is 43.7 Å². The largest absolute Gasteiger partial charge is 0.478 e. The highest BCUT2D eigenvalue weighted by atomic mass is 16.4. The molecule has 0 heterocycles. The summed E-state index contributed by atoms with van der Waals surface area (Å²) >= 11 is 0. The normalized spacial score (nSPS) is 18.8. The van der Waals surface area contributed by atoms with Crippen LogP contribution < -0.4 is 5.32 Å². The average molecular weight is 446 g/mol. The minimum Gasteiger partial charge on any atom is -0.478 e. The van der Waals surface area contributed by atoms with Gasteiger partial charge in [0.2, 0.25) is 5.91 Å². The molecule has 2 aromatic carbocycles. The van der Waals surface area contributed by atoms with E-state index in [4.69, 9.17) is 5.11 Å². The zero-order valence-electron chi connectivity index (χ0n) is 19.4. The van der Waals surface area contributed by atoms with Gasteiger partial charge in [-0.1, -0.05) is 74.9 Å². The first-order chi connectivity index (χ1) is 16.0. The van der Waals surface area contributed by atoms with Crippen LogP contribution >= 0.6 is 0 Å². The van der Waals surface area contributed by atoms with Crippen LogP contribution in [0, 0.1) is 5.41 Å². The van der Waals surface area contributed by atoms with Crippen LogP contribution in [0.25, 0.3) is 6.08 Å². The van der Waals surface area contributed by atoms with Gasteiger partial charge in [0.15, 0.2) is 0 Å². The number of carbonyl (C=O) groups excluding carboxylic acids is 1. The molecule has 0 atom stereocenters. The lowest BCUT2D eigenvalue weighted by Gasteiger charge is -2.36. The Bertz CT molecular complexity index is 980. The maximum Gasteiger partial charge on any atom is 0.328 e. The Balaban J connectivity index is 1.48. The third kappa shape index (κ3) is 6.13. The van der Waals surface area contributed by atoms with Gasteiger partial charge in [0.05, 0.1) is 5.41 Å². The van der Waals surface area contributed by atoms with Crippen molar-refractivity contribution < 1.29 is 14.7 Å². The van der Waals surface area contributed by atoms with Gasteiger partial charge in [0, 0.05) is 11.8 Å². The van der Waals surface area contributed by atoms with E-state index in [0.29, 0.717) is 11.6 Å². The molecule has 2 N–H and O–H groups in total. The number of hydrogen-bond acceptors (Lipinski definition) is 2. The zero-order chi connectivity index (χ0) is 23.1. The van der Waals surface area contributed by atoms with Gasteiger partial charge in [-0.2, -0.15) is 0 Å². The predicted molar refractivity (Wildman–Crippen MR) is 133 cm³/mol. The van der Waals surface area contributed by atoms with Gasteiger partial charge in [0.1, 0.15) is 0 Å². The summed E-state index contributed by atoms with van der Waals surface area (Å²) in [6, 6.07) is 16.4. The van der Waals surface area contributed by atoms with Crippen molar-refractivity contribution in [2.45, 2.75) is 76.5 Å². The highest BCUT2D eigenvalue weighted by Crippen LogP contribution is 2.41. The molecule has 2 aliphatic rings. The Hall–Kier alpha value is -2.88. The van der Waals surface area contributed by atoms with Gasteiger partial charge >= 0.3 is 5.97 Å². The van der Waals surface area contributed by atoms with Crippen LogP contribution in [-0.2, 0) is 16.0 Å².